The minimum atomic E-state index is -0.160. The summed E-state index contributed by atoms with van der Waals surface area (Å²) >= 11 is 0. The lowest BCUT2D eigenvalue weighted by atomic mass is 10.1. The normalized spacial score (nSPS) is 15.4. The number of carbonyl (C=O) groups is 1. The summed E-state index contributed by atoms with van der Waals surface area (Å²) in [6.07, 6.45) is 8.09. The number of nitrogens with one attached hydrogen (secondary N) is 2. The standard InChI is InChI=1S/C24H22N6O2/c31-22-15-32-21-8-3-16(13-19(21)27-22)20-14-30-12-9-25-24(30)23(28-20)26-17-4-6-18(7-5-17)29-10-1-2-11-29/h3-9,12-14H,1-2,10-11,15H2,(H,26,28)(H,27,31). The van der Waals surface area contributed by atoms with E-state index in [1.807, 2.05) is 35.0 Å². The minimum absolute atomic E-state index is 0.0379. The monoisotopic (exact) mass is 426 g/mol. The molecule has 4 aromatic rings. The zero-order valence-corrected chi connectivity index (χ0v) is 17.4. The molecule has 1 fully saturated rings. The van der Waals surface area contributed by atoms with E-state index in [0.29, 0.717) is 17.3 Å². The van der Waals surface area contributed by atoms with Gasteiger partial charge in [-0.2, -0.15) is 0 Å². The Morgan fingerprint density at radius 3 is 2.75 bits per heavy atom. The molecule has 0 radical (unpaired) electrons. The van der Waals surface area contributed by atoms with Crippen molar-refractivity contribution in [3.63, 3.8) is 0 Å². The number of carbonyl (C=O) groups excluding carboxylic acids is 1. The Balaban J connectivity index is 1.34. The number of fused-ring (bicyclic) bond motifs is 2. The number of nitrogens with zero attached hydrogens (tertiary/aromatic N) is 4. The quantitative estimate of drug-likeness (QED) is 0.512. The Morgan fingerprint density at radius 2 is 1.91 bits per heavy atom. The molecule has 8 nitrogen and oxygen atoms in total. The van der Waals surface area contributed by atoms with E-state index in [4.69, 9.17) is 9.72 Å². The predicted octanol–water partition coefficient (Wildman–Crippen LogP) is 4.07. The molecule has 8 heteroatoms. The van der Waals surface area contributed by atoms with Gasteiger partial charge in [-0.3, -0.25) is 4.79 Å². The van der Waals surface area contributed by atoms with Crippen molar-refractivity contribution >= 4 is 34.4 Å². The maximum atomic E-state index is 11.7. The summed E-state index contributed by atoms with van der Waals surface area (Å²) in [7, 11) is 0. The SMILES string of the molecule is O=C1COc2ccc(-c3cn4ccnc4c(Nc4ccc(N5CCCC5)cc4)n3)cc2N1. The fourth-order valence-electron chi connectivity index (χ4n) is 4.26. The molecule has 0 unspecified atom stereocenters. The largest absolute Gasteiger partial charge is 0.482 e. The van der Waals surface area contributed by atoms with Crippen LogP contribution in [-0.4, -0.2) is 40.0 Å². The third-order valence-corrected chi connectivity index (χ3v) is 5.88. The van der Waals surface area contributed by atoms with Crippen LogP contribution in [0.5, 0.6) is 5.75 Å². The molecule has 0 aliphatic carbocycles. The topological polar surface area (TPSA) is 83.8 Å². The van der Waals surface area contributed by atoms with Crippen molar-refractivity contribution < 1.29 is 9.53 Å². The van der Waals surface area contributed by atoms with Gasteiger partial charge in [0, 0.05) is 48.6 Å². The Hall–Kier alpha value is -4.07. The van der Waals surface area contributed by atoms with Crippen LogP contribution in [0.4, 0.5) is 22.9 Å². The van der Waals surface area contributed by atoms with Crippen LogP contribution in [0.2, 0.25) is 0 Å². The molecule has 160 valence electrons. The van der Waals surface area contributed by atoms with E-state index in [2.05, 4.69) is 44.8 Å². The van der Waals surface area contributed by atoms with Gasteiger partial charge in [0.05, 0.1) is 11.4 Å². The highest BCUT2D eigenvalue weighted by molar-refractivity contribution is 5.96. The molecule has 4 heterocycles. The van der Waals surface area contributed by atoms with Crippen LogP contribution in [0, 0.1) is 0 Å². The molecule has 2 aliphatic heterocycles. The van der Waals surface area contributed by atoms with Crippen molar-refractivity contribution in [2.24, 2.45) is 0 Å². The second kappa shape index (κ2) is 7.56. The van der Waals surface area contributed by atoms with E-state index in [1.165, 1.54) is 18.5 Å². The van der Waals surface area contributed by atoms with Crippen molar-refractivity contribution in [1.82, 2.24) is 14.4 Å². The van der Waals surface area contributed by atoms with Crippen LogP contribution < -0.4 is 20.3 Å². The fourth-order valence-corrected chi connectivity index (χ4v) is 4.26. The number of ether oxygens (including phenoxy) is 1. The average Bonchev–Trinajstić information content (AvgIpc) is 3.51. The molecular formula is C24H22N6O2. The first-order valence-corrected chi connectivity index (χ1v) is 10.8. The average molecular weight is 426 g/mol. The van der Waals surface area contributed by atoms with E-state index in [9.17, 15) is 4.79 Å². The number of aromatic nitrogens is 3. The number of anilines is 4. The Bertz CT molecular complexity index is 1310. The maximum absolute atomic E-state index is 11.7. The van der Waals surface area contributed by atoms with Gasteiger partial charge in [-0.25, -0.2) is 9.97 Å². The second-order valence-electron chi connectivity index (χ2n) is 8.05. The van der Waals surface area contributed by atoms with E-state index in [0.717, 1.165) is 35.7 Å². The third kappa shape index (κ3) is 3.39. The van der Waals surface area contributed by atoms with Crippen molar-refractivity contribution in [3.8, 4) is 17.0 Å². The first-order valence-electron chi connectivity index (χ1n) is 10.8. The van der Waals surface area contributed by atoms with Gasteiger partial charge in [0.1, 0.15) is 5.75 Å². The van der Waals surface area contributed by atoms with Gasteiger partial charge >= 0.3 is 0 Å². The molecule has 1 saturated heterocycles. The van der Waals surface area contributed by atoms with Crippen LogP contribution in [0.15, 0.2) is 61.1 Å². The molecule has 0 bridgehead atoms. The van der Waals surface area contributed by atoms with Gasteiger partial charge in [0.15, 0.2) is 18.1 Å². The number of rotatable bonds is 4. The predicted molar refractivity (Wildman–Crippen MR) is 124 cm³/mol. The molecule has 2 N–H and O–H groups in total. The molecule has 0 spiro atoms. The first kappa shape index (κ1) is 18.7. The number of hydrogen-bond acceptors (Lipinski definition) is 6. The Kier molecular flexibility index (Phi) is 4.41. The molecule has 2 aliphatic rings. The molecular weight excluding hydrogens is 404 g/mol. The van der Waals surface area contributed by atoms with Gasteiger partial charge in [0.2, 0.25) is 0 Å². The summed E-state index contributed by atoms with van der Waals surface area (Å²) in [6.45, 7) is 2.28. The van der Waals surface area contributed by atoms with Gasteiger partial charge in [-0.15, -0.1) is 0 Å². The molecule has 6 rings (SSSR count). The zero-order valence-electron chi connectivity index (χ0n) is 17.4. The first-order chi connectivity index (χ1) is 15.7. The van der Waals surface area contributed by atoms with E-state index >= 15 is 0 Å². The van der Waals surface area contributed by atoms with Crippen molar-refractivity contribution in [2.45, 2.75) is 12.8 Å². The lowest BCUT2D eigenvalue weighted by Gasteiger charge is -2.19. The van der Waals surface area contributed by atoms with Gasteiger partial charge in [-0.05, 0) is 55.3 Å². The van der Waals surface area contributed by atoms with Crippen molar-refractivity contribution in [2.75, 3.05) is 35.2 Å². The van der Waals surface area contributed by atoms with E-state index in [1.54, 1.807) is 6.20 Å². The highest BCUT2D eigenvalue weighted by atomic mass is 16.5. The molecule has 2 aromatic heterocycles. The Labute approximate surface area is 184 Å². The van der Waals surface area contributed by atoms with Gasteiger partial charge < -0.3 is 24.7 Å². The maximum Gasteiger partial charge on any atom is 0.262 e. The van der Waals surface area contributed by atoms with E-state index in [-0.39, 0.29) is 12.5 Å². The lowest BCUT2D eigenvalue weighted by Crippen LogP contribution is -2.25. The molecule has 0 saturated carbocycles. The summed E-state index contributed by atoms with van der Waals surface area (Å²) in [5, 5.41) is 6.28. The van der Waals surface area contributed by atoms with Crippen LogP contribution >= 0.6 is 0 Å². The number of amides is 1. The number of hydrogen-bond donors (Lipinski definition) is 2. The highest BCUT2D eigenvalue weighted by Crippen LogP contribution is 2.33. The Morgan fingerprint density at radius 1 is 1.06 bits per heavy atom. The van der Waals surface area contributed by atoms with Crippen molar-refractivity contribution in [1.29, 1.82) is 0 Å². The van der Waals surface area contributed by atoms with Crippen LogP contribution in [0.1, 0.15) is 12.8 Å². The molecule has 1 amide bonds. The molecule has 32 heavy (non-hydrogen) atoms. The van der Waals surface area contributed by atoms with Crippen LogP contribution in [0.3, 0.4) is 0 Å². The highest BCUT2D eigenvalue weighted by Gasteiger charge is 2.18. The lowest BCUT2D eigenvalue weighted by molar-refractivity contribution is -0.118. The summed E-state index contributed by atoms with van der Waals surface area (Å²) in [5.41, 5.74) is 5.23. The van der Waals surface area contributed by atoms with E-state index < -0.39 is 0 Å². The number of benzene rings is 2. The summed E-state index contributed by atoms with van der Waals surface area (Å²) in [5.74, 6) is 1.17. The van der Waals surface area contributed by atoms with Crippen LogP contribution in [0.25, 0.3) is 16.9 Å². The number of imidazole rings is 1. The third-order valence-electron chi connectivity index (χ3n) is 5.88. The second-order valence-corrected chi connectivity index (χ2v) is 8.05. The summed E-state index contributed by atoms with van der Waals surface area (Å²) in [6, 6.07) is 14.1. The molecule has 2 aromatic carbocycles. The smallest absolute Gasteiger partial charge is 0.262 e. The summed E-state index contributed by atoms with van der Waals surface area (Å²) in [4.78, 5) is 23.4. The fraction of sp³-hybridized carbons (Fsp3) is 0.208. The van der Waals surface area contributed by atoms with Gasteiger partial charge in [0.25, 0.3) is 5.91 Å². The minimum Gasteiger partial charge on any atom is -0.482 e. The zero-order chi connectivity index (χ0) is 21.5. The van der Waals surface area contributed by atoms with Gasteiger partial charge in [-0.1, -0.05) is 0 Å². The molecule has 0 atom stereocenters. The van der Waals surface area contributed by atoms with Crippen LogP contribution in [-0.2, 0) is 4.79 Å². The van der Waals surface area contributed by atoms with Crippen molar-refractivity contribution in [3.05, 3.63) is 61.1 Å². The summed E-state index contributed by atoms with van der Waals surface area (Å²) < 4.78 is 7.41.